The van der Waals surface area contributed by atoms with Crippen LogP contribution in [0.3, 0.4) is 0 Å². The van der Waals surface area contributed by atoms with Gasteiger partial charge in [0.2, 0.25) is 5.91 Å². The Kier molecular flexibility index (Phi) is 5.50. The van der Waals surface area contributed by atoms with Gasteiger partial charge < -0.3 is 9.73 Å². The Labute approximate surface area is 162 Å². The number of benzene rings is 2. The van der Waals surface area contributed by atoms with E-state index in [1.807, 2.05) is 38.1 Å². The molecule has 1 aromatic heterocycles. The molecule has 1 N–H and O–H groups in total. The number of aryl methyl sites for hydroxylation is 1. The number of halogens is 2. The molecule has 3 nitrogen and oxygen atoms in total. The molecule has 0 bridgehead atoms. The molecule has 1 amide bonds. The minimum atomic E-state index is -0.220. The second-order valence-electron chi connectivity index (χ2n) is 5.93. The van der Waals surface area contributed by atoms with Gasteiger partial charge in [-0.15, -0.1) is 0 Å². The monoisotopic (exact) mass is 385 g/mol. The molecule has 0 saturated carbocycles. The van der Waals surface area contributed by atoms with E-state index in [0.29, 0.717) is 21.6 Å². The van der Waals surface area contributed by atoms with Gasteiger partial charge in [-0.1, -0.05) is 35.3 Å². The van der Waals surface area contributed by atoms with Gasteiger partial charge in [-0.05, 0) is 67.4 Å². The Hall–Kier alpha value is -2.49. The van der Waals surface area contributed by atoms with Crippen LogP contribution < -0.4 is 5.32 Å². The first-order valence-electron chi connectivity index (χ1n) is 8.04. The molecule has 0 radical (unpaired) electrons. The zero-order valence-corrected chi connectivity index (χ0v) is 15.9. The highest BCUT2D eigenvalue weighted by molar-refractivity contribution is 6.35. The summed E-state index contributed by atoms with van der Waals surface area (Å²) in [6.45, 7) is 3.98. The highest BCUT2D eigenvalue weighted by Crippen LogP contribution is 2.29. The summed E-state index contributed by atoms with van der Waals surface area (Å²) in [6.07, 6.45) is 3.06. The fourth-order valence-corrected chi connectivity index (χ4v) is 3.04. The Morgan fingerprint density at radius 3 is 2.50 bits per heavy atom. The third-order valence-electron chi connectivity index (χ3n) is 4.04. The van der Waals surface area contributed by atoms with E-state index in [4.69, 9.17) is 27.6 Å². The van der Waals surface area contributed by atoms with E-state index in [-0.39, 0.29) is 5.91 Å². The lowest BCUT2D eigenvalue weighted by atomic mass is 10.1. The molecule has 26 heavy (non-hydrogen) atoms. The lowest BCUT2D eigenvalue weighted by molar-refractivity contribution is -0.111. The van der Waals surface area contributed by atoms with Crippen LogP contribution in [0, 0.1) is 13.8 Å². The Morgan fingerprint density at radius 1 is 1.04 bits per heavy atom. The summed E-state index contributed by atoms with van der Waals surface area (Å²) >= 11 is 12.0. The molecule has 0 atom stereocenters. The highest BCUT2D eigenvalue weighted by Gasteiger charge is 2.07. The zero-order valence-electron chi connectivity index (χ0n) is 14.3. The molecular formula is C21H17Cl2NO2. The summed E-state index contributed by atoms with van der Waals surface area (Å²) in [7, 11) is 0. The van der Waals surface area contributed by atoms with Crippen molar-refractivity contribution in [2.24, 2.45) is 0 Å². The summed E-state index contributed by atoms with van der Waals surface area (Å²) in [5, 5.41) is 3.94. The summed E-state index contributed by atoms with van der Waals surface area (Å²) in [4.78, 5) is 12.1. The first-order valence-corrected chi connectivity index (χ1v) is 8.79. The van der Waals surface area contributed by atoms with Crippen LogP contribution in [-0.4, -0.2) is 5.91 Å². The maximum absolute atomic E-state index is 12.1. The van der Waals surface area contributed by atoms with Crippen LogP contribution in [0.15, 0.2) is 59.0 Å². The average molecular weight is 386 g/mol. The number of nitrogens with one attached hydrogen (secondary N) is 1. The van der Waals surface area contributed by atoms with Gasteiger partial charge in [0.1, 0.15) is 11.5 Å². The second kappa shape index (κ2) is 7.81. The average Bonchev–Trinajstić information content (AvgIpc) is 3.05. The molecule has 3 rings (SSSR count). The second-order valence-corrected chi connectivity index (χ2v) is 6.80. The molecule has 2 aromatic carbocycles. The van der Waals surface area contributed by atoms with Gasteiger partial charge in [0.25, 0.3) is 0 Å². The smallest absolute Gasteiger partial charge is 0.248 e. The van der Waals surface area contributed by atoms with E-state index in [9.17, 15) is 4.79 Å². The Balaban J connectivity index is 1.72. The number of rotatable bonds is 4. The Bertz CT molecular complexity index is 969. The van der Waals surface area contributed by atoms with Gasteiger partial charge in [0.05, 0.1) is 0 Å². The SMILES string of the molecule is Cc1cccc(NC(=O)/C=C/c2ccc(-c3cc(Cl)cc(Cl)c3)o2)c1C. The summed E-state index contributed by atoms with van der Waals surface area (Å²) in [6, 6.07) is 14.6. The largest absolute Gasteiger partial charge is 0.457 e. The molecule has 0 saturated heterocycles. The fraction of sp³-hybridized carbons (Fsp3) is 0.0952. The first-order chi connectivity index (χ1) is 12.4. The molecule has 0 aliphatic heterocycles. The minimum Gasteiger partial charge on any atom is -0.457 e. The molecule has 0 spiro atoms. The molecule has 132 valence electrons. The van der Waals surface area contributed by atoms with E-state index in [2.05, 4.69) is 5.32 Å². The first kappa shape index (κ1) is 18.3. The van der Waals surface area contributed by atoms with Crippen LogP contribution in [-0.2, 0) is 4.79 Å². The third-order valence-corrected chi connectivity index (χ3v) is 4.47. The number of carbonyl (C=O) groups is 1. The van der Waals surface area contributed by atoms with Crippen LogP contribution in [0.2, 0.25) is 10.0 Å². The molecule has 0 aliphatic rings. The standard InChI is InChI=1S/C21H17Cl2NO2/c1-13-4-3-5-19(14(13)2)24-21(25)9-7-18-6-8-20(26-18)15-10-16(22)12-17(23)11-15/h3-12H,1-2H3,(H,24,25)/b9-7+. The number of hydrogen-bond donors (Lipinski definition) is 1. The summed E-state index contributed by atoms with van der Waals surface area (Å²) in [5.41, 5.74) is 3.75. The van der Waals surface area contributed by atoms with Crippen molar-refractivity contribution in [3.8, 4) is 11.3 Å². The van der Waals surface area contributed by atoms with Crippen LogP contribution in [0.5, 0.6) is 0 Å². The van der Waals surface area contributed by atoms with Crippen molar-refractivity contribution >= 4 is 40.9 Å². The van der Waals surface area contributed by atoms with Gasteiger partial charge in [0.15, 0.2) is 0 Å². The molecule has 1 heterocycles. The van der Waals surface area contributed by atoms with Gasteiger partial charge in [-0.25, -0.2) is 0 Å². The quantitative estimate of drug-likeness (QED) is 0.519. The number of anilines is 1. The number of amides is 1. The molecule has 5 heteroatoms. The Morgan fingerprint density at radius 2 is 1.77 bits per heavy atom. The summed E-state index contributed by atoms with van der Waals surface area (Å²) < 4.78 is 5.74. The number of furan rings is 1. The molecule has 0 unspecified atom stereocenters. The lowest BCUT2D eigenvalue weighted by Crippen LogP contribution is -2.09. The molecule has 0 aliphatic carbocycles. The maximum Gasteiger partial charge on any atom is 0.248 e. The lowest BCUT2D eigenvalue weighted by Gasteiger charge is -2.08. The zero-order chi connectivity index (χ0) is 18.7. The van der Waals surface area contributed by atoms with Gasteiger partial charge in [-0.2, -0.15) is 0 Å². The molecular weight excluding hydrogens is 369 g/mol. The van der Waals surface area contributed by atoms with E-state index in [1.165, 1.54) is 6.08 Å². The topological polar surface area (TPSA) is 42.2 Å². The van der Waals surface area contributed by atoms with E-state index in [1.54, 1.807) is 30.3 Å². The highest BCUT2D eigenvalue weighted by atomic mass is 35.5. The van der Waals surface area contributed by atoms with E-state index in [0.717, 1.165) is 22.4 Å². The summed E-state index contributed by atoms with van der Waals surface area (Å²) in [5.74, 6) is 0.971. The predicted octanol–water partition coefficient (Wildman–Crippen LogP) is 6.52. The normalized spacial score (nSPS) is 11.1. The van der Waals surface area contributed by atoms with Crippen molar-refractivity contribution < 1.29 is 9.21 Å². The number of carbonyl (C=O) groups excluding carboxylic acids is 1. The van der Waals surface area contributed by atoms with Crippen LogP contribution >= 0.6 is 23.2 Å². The number of hydrogen-bond acceptors (Lipinski definition) is 2. The third kappa shape index (κ3) is 4.37. The van der Waals surface area contributed by atoms with Crippen molar-refractivity contribution in [1.29, 1.82) is 0 Å². The predicted molar refractivity (Wildman–Crippen MR) is 108 cm³/mol. The van der Waals surface area contributed by atoms with E-state index >= 15 is 0 Å². The van der Waals surface area contributed by atoms with E-state index < -0.39 is 0 Å². The van der Waals surface area contributed by atoms with Crippen LogP contribution in [0.1, 0.15) is 16.9 Å². The van der Waals surface area contributed by atoms with Crippen molar-refractivity contribution in [2.75, 3.05) is 5.32 Å². The minimum absolute atomic E-state index is 0.220. The fourth-order valence-electron chi connectivity index (χ4n) is 2.51. The van der Waals surface area contributed by atoms with Gasteiger partial charge >= 0.3 is 0 Å². The van der Waals surface area contributed by atoms with Crippen molar-refractivity contribution in [3.63, 3.8) is 0 Å². The van der Waals surface area contributed by atoms with Gasteiger partial charge in [-0.3, -0.25) is 4.79 Å². The molecule has 3 aromatic rings. The maximum atomic E-state index is 12.1. The van der Waals surface area contributed by atoms with Crippen molar-refractivity contribution in [3.05, 3.63) is 81.5 Å². The molecule has 0 fully saturated rings. The van der Waals surface area contributed by atoms with Crippen molar-refractivity contribution in [1.82, 2.24) is 0 Å². The van der Waals surface area contributed by atoms with Gasteiger partial charge in [0, 0.05) is 27.4 Å². The van der Waals surface area contributed by atoms with Crippen molar-refractivity contribution in [2.45, 2.75) is 13.8 Å². The van der Waals surface area contributed by atoms with Crippen LogP contribution in [0.4, 0.5) is 5.69 Å². The van der Waals surface area contributed by atoms with Crippen LogP contribution in [0.25, 0.3) is 17.4 Å².